The highest BCUT2D eigenvalue weighted by molar-refractivity contribution is 6.06. The van der Waals surface area contributed by atoms with Gasteiger partial charge >= 0.3 is 0 Å². The van der Waals surface area contributed by atoms with Crippen LogP contribution in [0.1, 0.15) is 15.9 Å². The molecule has 6 nitrogen and oxygen atoms in total. The van der Waals surface area contributed by atoms with Crippen LogP contribution < -0.4 is 9.47 Å². The van der Waals surface area contributed by atoms with Gasteiger partial charge in [-0.3, -0.25) is 4.79 Å². The van der Waals surface area contributed by atoms with Crippen molar-refractivity contribution in [2.24, 2.45) is 0 Å². The van der Waals surface area contributed by atoms with E-state index < -0.39 is 0 Å². The quantitative estimate of drug-likeness (QED) is 0.546. The van der Waals surface area contributed by atoms with Crippen molar-refractivity contribution >= 4 is 11.9 Å². The Morgan fingerprint density at radius 1 is 1.08 bits per heavy atom. The van der Waals surface area contributed by atoms with E-state index >= 15 is 0 Å². The van der Waals surface area contributed by atoms with E-state index in [9.17, 15) is 4.79 Å². The summed E-state index contributed by atoms with van der Waals surface area (Å²) in [6, 6.07) is 12.8. The highest BCUT2D eigenvalue weighted by Gasteiger charge is 2.12. The molecule has 1 aromatic heterocycles. The van der Waals surface area contributed by atoms with Crippen LogP contribution in [0, 0.1) is 0 Å². The van der Waals surface area contributed by atoms with Crippen molar-refractivity contribution in [2.45, 2.75) is 0 Å². The lowest BCUT2D eigenvalue weighted by atomic mass is 10.1. The highest BCUT2D eigenvalue weighted by Crippen LogP contribution is 2.32. The van der Waals surface area contributed by atoms with Crippen LogP contribution in [0.25, 0.3) is 11.8 Å². The summed E-state index contributed by atoms with van der Waals surface area (Å²) < 4.78 is 12.2. The largest absolute Gasteiger partial charge is 0.454 e. The average Bonchev–Trinajstić information content (AvgIpc) is 3.31. The van der Waals surface area contributed by atoms with Crippen LogP contribution in [0.4, 0.5) is 0 Å². The van der Waals surface area contributed by atoms with E-state index in [1.165, 1.54) is 6.33 Å². The first kappa shape index (κ1) is 14.2. The zero-order chi connectivity index (χ0) is 16.4. The number of carbonyl (C=O) groups is 1. The summed E-state index contributed by atoms with van der Waals surface area (Å²) in [7, 11) is 0. The smallest absolute Gasteiger partial charge is 0.231 e. The van der Waals surface area contributed by atoms with Crippen LogP contribution in [0.5, 0.6) is 11.5 Å². The number of allylic oxidation sites excluding steroid dienone is 1. The fourth-order valence-electron chi connectivity index (χ4n) is 2.40. The van der Waals surface area contributed by atoms with E-state index in [1.807, 2.05) is 30.3 Å². The summed E-state index contributed by atoms with van der Waals surface area (Å²) in [6.45, 7) is 0.236. The van der Waals surface area contributed by atoms with Crippen molar-refractivity contribution in [3.8, 4) is 17.2 Å². The standard InChI is InChI=1S/C18H13N3O3/c22-16(7-1-13-2-8-17-18(9-13)24-12-23-17)14-3-5-15(6-4-14)21-11-19-10-20-21/h1-11H,12H2. The lowest BCUT2D eigenvalue weighted by molar-refractivity contribution is 0.104. The molecular formula is C18H13N3O3. The third kappa shape index (κ3) is 2.77. The summed E-state index contributed by atoms with van der Waals surface area (Å²) in [5.41, 5.74) is 2.34. The maximum absolute atomic E-state index is 12.3. The number of fused-ring (bicyclic) bond motifs is 1. The van der Waals surface area contributed by atoms with Gasteiger partial charge in [-0.1, -0.05) is 12.1 Å². The Morgan fingerprint density at radius 3 is 2.71 bits per heavy atom. The lowest BCUT2D eigenvalue weighted by Gasteiger charge is -2.01. The molecule has 0 amide bonds. The molecule has 2 aromatic carbocycles. The molecular weight excluding hydrogens is 306 g/mol. The summed E-state index contributed by atoms with van der Waals surface area (Å²) in [5, 5.41) is 4.05. The van der Waals surface area contributed by atoms with Crippen molar-refractivity contribution < 1.29 is 14.3 Å². The number of rotatable bonds is 4. The molecule has 24 heavy (non-hydrogen) atoms. The third-order valence-corrected chi connectivity index (χ3v) is 3.66. The minimum Gasteiger partial charge on any atom is -0.454 e. The first-order valence-electron chi connectivity index (χ1n) is 7.37. The zero-order valence-corrected chi connectivity index (χ0v) is 12.6. The molecule has 0 bridgehead atoms. The molecule has 4 rings (SSSR count). The van der Waals surface area contributed by atoms with Gasteiger partial charge in [-0.05, 0) is 48.0 Å². The Kier molecular flexibility index (Phi) is 3.55. The Labute approximate surface area is 138 Å². The van der Waals surface area contributed by atoms with E-state index in [2.05, 4.69) is 10.1 Å². The summed E-state index contributed by atoms with van der Waals surface area (Å²) >= 11 is 0. The normalized spacial score (nSPS) is 12.7. The molecule has 0 saturated heterocycles. The second kappa shape index (κ2) is 6.00. The molecule has 0 spiro atoms. The number of ketones is 1. The number of ether oxygens (including phenoxy) is 2. The molecule has 3 aromatic rings. The minimum atomic E-state index is -0.0715. The van der Waals surface area contributed by atoms with Crippen LogP contribution in [0.3, 0.4) is 0 Å². The van der Waals surface area contributed by atoms with Gasteiger partial charge in [0.05, 0.1) is 5.69 Å². The second-order valence-corrected chi connectivity index (χ2v) is 5.20. The minimum absolute atomic E-state index is 0.0715. The Morgan fingerprint density at radius 2 is 1.92 bits per heavy atom. The van der Waals surface area contributed by atoms with E-state index in [4.69, 9.17) is 9.47 Å². The van der Waals surface area contributed by atoms with Gasteiger partial charge in [-0.25, -0.2) is 9.67 Å². The average molecular weight is 319 g/mol. The number of hydrogen-bond acceptors (Lipinski definition) is 5. The van der Waals surface area contributed by atoms with Crippen molar-refractivity contribution in [2.75, 3.05) is 6.79 Å². The maximum Gasteiger partial charge on any atom is 0.231 e. The predicted molar refractivity (Wildman–Crippen MR) is 87.3 cm³/mol. The van der Waals surface area contributed by atoms with Crippen LogP contribution in [-0.4, -0.2) is 27.3 Å². The predicted octanol–water partition coefficient (Wildman–Crippen LogP) is 2.89. The first-order valence-corrected chi connectivity index (χ1v) is 7.37. The molecule has 0 aliphatic carbocycles. The fourth-order valence-corrected chi connectivity index (χ4v) is 2.40. The third-order valence-electron chi connectivity index (χ3n) is 3.66. The molecule has 0 saturated carbocycles. The molecule has 0 N–H and O–H groups in total. The highest BCUT2D eigenvalue weighted by atomic mass is 16.7. The Hall–Kier alpha value is -3.41. The molecule has 0 radical (unpaired) electrons. The molecule has 2 heterocycles. The van der Waals surface area contributed by atoms with Gasteiger partial charge in [-0.15, -0.1) is 0 Å². The fraction of sp³-hybridized carbons (Fsp3) is 0.0556. The van der Waals surface area contributed by atoms with Crippen molar-refractivity contribution in [1.29, 1.82) is 0 Å². The molecule has 0 fully saturated rings. The van der Waals surface area contributed by atoms with Gasteiger partial charge < -0.3 is 9.47 Å². The molecule has 1 aliphatic heterocycles. The van der Waals surface area contributed by atoms with Gasteiger partial charge in [0.15, 0.2) is 17.3 Å². The van der Waals surface area contributed by atoms with E-state index in [1.54, 1.807) is 35.3 Å². The number of aromatic nitrogens is 3. The zero-order valence-electron chi connectivity index (χ0n) is 12.6. The SMILES string of the molecule is O=C(C=Cc1ccc2c(c1)OCO2)c1ccc(-n2cncn2)cc1. The molecule has 0 atom stereocenters. The van der Waals surface area contributed by atoms with E-state index in [-0.39, 0.29) is 12.6 Å². The Bertz CT molecular complexity index is 900. The van der Waals surface area contributed by atoms with Crippen LogP contribution in [-0.2, 0) is 0 Å². The number of hydrogen-bond donors (Lipinski definition) is 0. The van der Waals surface area contributed by atoms with E-state index in [0.29, 0.717) is 11.3 Å². The second-order valence-electron chi connectivity index (χ2n) is 5.20. The number of benzene rings is 2. The van der Waals surface area contributed by atoms with Crippen LogP contribution in [0.15, 0.2) is 61.2 Å². The van der Waals surface area contributed by atoms with Crippen molar-refractivity contribution in [3.63, 3.8) is 0 Å². The number of nitrogens with zero attached hydrogens (tertiary/aromatic N) is 3. The van der Waals surface area contributed by atoms with E-state index in [0.717, 1.165) is 17.0 Å². The summed E-state index contributed by atoms with van der Waals surface area (Å²) in [4.78, 5) is 16.2. The monoisotopic (exact) mass is 319 g/mol. The maximum atomic E-state index is 12.3. The van der Waals surface area contributed by atoms with Crippen LogP contribution in [0.2, 0.25) is 0 Å². The first-order chi connectivity index (χ1) is 11.8. The van der Waals surface area contributed by atoms with Crippen molar-refractivity contribution in [3.05, 3.63) is 72.3 Å². The summed E-state index contributed by atoms with van der Waals surface area (Å²) in [5.74, 6) is 1.35. The van der Waals surface area contributed by atoms with Gasteiger partial charge in [0.25, 0.3) is 0 Å². The molecule has 118 valence electrons. The van der Waals surface area contributed by atoms with Crippen molar-refractivity contribution in [1.82, 2.24) is 14.8 Å². The van der Waals surface area contributed by atoms with Gasteiger partial charge in [0, 0.05) is 5.56 Å². The topological polar surface area (TPSA) is 66.2 Å². The molecule has 6 heteroatoms. The summed E-state index contributed by atoms with van der Waals surface area (Å²) in [6.07, 6.45) is 6.38. The van der Waals surface area contributed by atoms with Gasteiger partial charge in [0.2, 0.25) is 6.79 Å². The van der Waals surface area contributed by atoms with Gasteiger partial charge in [0.1, 0.15) is 12.7 Å². The molecule has 0 unspecified atom stereocenters. The Balaban J connectivity index is 1.49. The number of carbonyl (C=O) groups excluding carboxylic acids is 1. The van der Waals surface area contributed by atoms with Crippen LogP contribution >= 0.6 is 0 Å². The lowest BCUT2D eigenvalue weighted by Crippen LogP contribution is -1.97. The molecule has 1 aliphatic rings. The van der Waals surface area contributed by atoms with Gasteiger partial charge in [-0.2, -0.15) is 5.10 Å².